The third-order valence-electron chi connectivity index (χ3n) is 3.96. The Kier molecular flexibility index (Phi) is 11.7. The van der Waals surface area contributed by atoms with E-state index in [-0.39, 0.29) is 6.61 Å². The maximum Gasteiger partial charge on any atom is 0.469 e. The molecule has 0 aromatic heterocycles. The van der Waals surface area contributed by atoms with Crippen LogP contribution in [0.4, 0.5) is 0 Å². The van der Waals surface area contributed by atoms with Crippen LogP contribution in [-0.2, 0) is 9.09 Å². The molecular weight excluding hydrogens is 287 g/mol. The lowest BCUT2D eigenvalue weighted by Gasteiger charge is -2.24. The van der Waals surface area contributed by atoms with Crippen LogP contribution in [0.1, 0.15) is 91.4 Å². The highest BCUT2D eigenvalue weighted by atomic mass is 31.2. The Bertz CT molecular complexity index is 286. The van der Waals surface area contributed by atoms with Gasteiger partial charge in [-0.2, -0.15) is 0 Å². The molecule has 0 spiro atoms. The van der Waals surface area contributed by atoms with Crippen molar-refractivity contribution in [1.82, 2.24) is 0 Å². The van der Waals surface area contributed by atoms with Gasteiger partial charge in [-0.15, -0.1) is 0 Å². The van der Waals surface area contributed by atoms with E-state index in [0.717, 1.165) is 19.3 Å². The molecule has 4 nitrogen and oxygen atoms in total. The smallest absolute Gasteiger partial charge is 0.303 e. The quantitative estimate of drug-likeness (QED) is 0.330. The van der Waals surface area contributed by atoms with E-state index >= 15 is 0 Å². The number of rotatable bonds is 14. The average molecular weight is 322 g/mol. The van der Waals surface area contributed by atoms with Gasteiger partial charge < -0.3 is 9.79 Å². The van der Waals surface area contributed by atoms with E-state index in [1.807, 2.05) is 0 Å². The fraction of sp³-hybridized carbons (Fsp3) is 1.00. The summed E-state index contributed by atoms with van der Waals surface area (Å²) in [4.78, 5) is 17.1. The third kappa shape index (κ3) is 16.3. The second-order valence-corrected chi connectivity index (χ2v) is 8.06. The van der Waals surface area contributed by atoms with Crippen LogP contribution in [0.15, 0.2) is 0 Å². The second-order valence-electron chi connectivity index (χ2n) is 6.82. The van der Waals surface area contributed by atoms with Crippen molar-refractivity contribution in [2.24, 2.45) is 5.41 Å². The molecule has 5 heteroatoms. The zero-order chi connectivity index (χ0) is 16.2. The van der Waals surface area contributed by atoms with E-state index in [4.69, 9.17) is 9.79 Å². The zero-order valence-corrected chi connectivity index (χ0v) is 15.0. The Morgan fingerprint density at radius 1 is 0.857 bits per heavy atom. The van der Waals surface area contributed by atoms with Gasteiger partial charge in [-0.3, -0.25) is 4.52 Å². The molecule has 0 rings (SSSR count). The van der Waals surface area contributed by atoms with E-state index < -0.39 is 7.82 Å². The number of unbranched alkanes of at least 4 members (excludes halogenated alkanes) is 7. The first kappa shape index (κ1) is 21.1. The van der Waals surface area contributed by atoms with Crippen LogP contribution < -0.4 is 0 Å². The Morgan fingerprint density at radius 2 is 1.33 bits per heavy atom. The monoisotopic (exact) mass is 322 g/mol. The molecule has 0 unspecified atom stereocenters. The van der Waals surface area contributed by atoms with Crippen LogP contribution in [0, 0.1) is 5.41 Å². The minimum absolute atomic E-state index is 0.161. The molecule has 0 amide bonds. The first-order valence-electron chi connectivity index (χ1n) is 8.47. The average Bonchev–Trinajstić information content (AvgIpc) is 2.35. The number of hydrogen-bond acceptors (Lipinski definition) is 2. The summed E-state index contributed by atoms with van der Waals surface area (Å²) in [6.07, 6.45) is 13.2. The first-order chi connectivity index (χ1) is 9.77. The van der Waals surface area contributed by atoms with Gasteiger partial charge in [0.05, 0.1) is 6.61 Å². The van der Waals surface area contributed by atoms with Gasteiger partial charge >= 0.3 is 7.82 Å². The minimum Gasteiger partial charge on any atom is -0.303 e. The van der Waals surface area contributed by atoms with Crippen LogP contribution in [0.3, 0.4) is 0 Å². The Labute approximate surface area is 130 Å². The summed E-state index contributed by atoms with van der Waals surface area (Å²) in [5.41, 5.74) is 0.479. The van der Waals surface area contributed by atoms with Crippen molar-refractivity contribution < 1.29 is 18.9 Å². The highest BCUT2D eigenvalue weighted by Gasteiger charge is 2.16. The Hall–Kier alpha value is 0.110. The van der Waals surface area contributed by atoms with Gasteiger partial charge in [0.2, 0.25) is 0 Å². The molecule has 0 aliphatic heterocycles. The second kappa shape index (κ2) is 11.6. The number of hydrogen-bond donors (Lipinski definition) is 2. The van der Waals surface area contributed by atoms with Crippen molar-refractivity contribution in [1.29, 1.82) is 0 Å². The molecule has 21 heavy (non-hydrogen) atoms. The van der Waals surface area contributed by atoms with Gasteiger partial charge in [0.1, 0.15) is 0 Å². The van der Waals surface area contributed by atoms with Gasteiger partial charge in [0.25, 0.3) is 0 Å². The van der Waals surface area contributed by atoms with Gasteiger partial charge in [-0.25, -0.2) is 4.57 Å². The fourth-order valence-corrected chi connectivity index (χ4v) is 2.94. The van der Waals surface area contributed by atoms with E-state index in [2.05, 4.69) is 25.3 Å². The third-order valence-corrected chi connectivity index (χ3v) is 4.48. The molecule has 0 aliphatic carbocycles. The molecule has 0 aromatic rings. The predicted molar refractivity (Wildman–Crippen MR) is 88.2 cm³/mol. The van der Waals surface area contributed by atoms with Gasteiger partial charge in [0, 0.05) is 0 Å². The van der Waals surface area contributed by atoms with E-state index in [0.29, 0.717) is 5.41 Å². The topological polar surface area (TPSA) is 66.8 Å². The predicted octanol–water partition coefficient (Wildman–Crippen LogP) is 5.43. The van der Waals surface area contributed by atoms with E-state index in [1.165, 1.54) is 51.4 Å². The summed E-state index contributed by atoms with van der Waals surface area (Å²) >= 11 is 0. The maximum atomic E-state index is 10.5. The first-order valence-corrected chi connectivity index (χ1v) is 10.00. The molecular formula is C16H35O4P. The summed E-state index contributed by atoms with van der Waals surface area (Å²) in [7, 11) is -4.26. The molecule has 128 valence electrons. The molecule has 0 atom stereocenters. The van der Waals surface area contributed by atoms with Crippen LogP contribution in [-0.4, -0.2) is 16.4 Å². The van der Waals surface area contributed by atoms with Crippen LogP contribution in [0.2, 0.25) is 0 Å². The molecule has 0 fully saturated rings. The molecule has 0 bridgehead atoms. The number of phosphoric ester groups is 1. The van der Waals surface area contributed by atoms with Crippen molar-refractivity contribution in [2.45, 2.75) is 91.4 Å². The zero-order valence-electron chi connectivity index (χ0n) is 14.1. The molecule has 0 aromatic carbocycles. The lowest BCUT2D eigenvalue weighted by molar-refractivity contribution is 0.193. The Balaban J connectivity index is 3.37. The minimum atomic E-state index is -4.26. The van der Waals surface area contributed by atoms with Crippen molar-refractivity contribution in [3.05, 3.63) is 0 Å². The fourth-order valence-electron chi connectivity index (χ4n) is 2.57. The van der Waals surface area contributed by atoms with Gasteiger partial charge in [-0.05, 0) is 24.7 Å². The highest BCUT2D eigenvalue weighted by molar-refractivity contribution is 7.46. The van der Waals surface area contributed by atoms with Crippen LogP contribution in [0.5, 0.6) is 0 Å². The molecule has 2 N–H and O–H groups in total. The van der Waals surface area contributed by atoms with Crippen LogP contribution in [0.25, 0.3) is 0 Å². The SMILES string of the molecule is CCCCCC(C)(C)CCCCCCCCOP(=O)(O)O. The summed E-state index contributed by atoms with van der Waals surface area (Å²) < 4.78 is 14.9. The van der Waals surface area contributed by atoms with Gasteiger partial charge in [0.15, 0.2) is 0 Å². The molecule has 0 saturated carbocycles. The molecule has 0 radical (unpaired) electrons. The summed E-state index contributed by atoms with van der Waals surface area (Å²) in [6, 6.07) is 0. The molecule has 0 saturated heterocycles. The summed E-state index contributed by atoms with van der Waals surface area (Å²) in [5, 5.41) is 0. The van der Waals surface area contributed by atoms with Crippen LogP contribution >= 0.6 is 7.82 Å². The lowest BCUT2D eigenvalue weighted by Crippen LogP contribution is -2.10. The molecule has 0 aliphatic rings. The Morgan fingerprint density at radius 3 is 1.86 bits per heavy atom. The highest BCUT2D eigenvalue weighted by Crippen LogP contribution is 2.35. The summed E-state index contributed by atoms with van der Waals surface area (Å²) in [5.74, 6) is 0. The largest absolute Gasteiger partial charge is 0.469 e. The van der Waals surface area contributed by atoms with Crippen molar-refractivity contribution in [3.63, 3.8) is 0 Å². The normalized spacial score (nSPS) is 12.8. The van der Waals surface area contributed by atoms with E-state index in [1.54, 1.807) is 0 Å². The maximum absolute atomic E-state index is 10.5. The van der Waals surface area contributed by atoms with Gasteiger partial charge in [-0.1, -0.05) is 72.1 Å². The van der Waals surface area contributed by atoms with Crippen molar-refractivity contribution >= 4 is 7.82 Å². The summed E-state index contributed by atoms with van der Waals surface area (Å²) in [6.45, 7) is 7.16. The van der Waals surface area contributed by atoms with E-state index in [9.17, 15) is 4.57 Å². The standard InChI is InChI=1S/C16H35O4P/c1-4-5-10-13-16(2,3)14-11-8-6-7-9-12-15-20-21(17,18)19/h4-15H2,1-3H3,(H2,17,18,19). The number of phosphoric acid groups is 1. The lowest BCUT2D eigenvalue weighted by atomic mass is 9.82. The van der Waals surface area contributed by atoms with Crippen molar-refractivity contribution in [2.75, 3.05) is 6.61 Å². The molecule has 0 heterocycles. The van der Waals surface area contributed by atoms with Crippen molar-refractivity contribution in [3.8, 4) is 0 Å².